The van der Waals surface area contributed by atoms with Gasteiger partial charge in [-0.05, 0) is 49.1 Å². The molecular weight excluding hydrogens is 463 g/mol. The molecular formula is C24H27FN2O4S2. The van der Waals surface area contributed by atoms with Gasteiger partial charge in [-0.1, -0.05) is 24.3 Å². The van der Waals surface area contributed by atoms with Crippen molar-refractivity contribution in [1.82, 2.24) is 4.90 Å². The Kier molecular flexibility index (Phi) is 8.10. The van der Waals surface area contributed by atoms with Gasteiger partial charge in [0.2, 0.25) is 0 Å². The molecule has 0 aliphatic carbocycles. The lowest BCUT2D eigenvalue weighted by atomic mass is 10.1. The summed E-state index contributed by atoms with van der Waals surface area (Å²) >= 11 is 1.32. The highest BCUT2D eigenvalue weighted by Crippen LogP contribution is 2.29. The van der Waals surface area contributed by atoms with Gasteiger partial charge in [0, 0.05) is 37.0 Å². The third-order valence-electron chi connectivity index (χ3n) is 5.09. The number of nitrogens with zero attached hydrogens (tertiary/aromatic N) is 2. The molecule has 33 heavy (non-hydrogen) atoms. The highest BCUT2D eigenvalue weighted by atomic mass is 32.2. The van der Waals surface area contributed by atoms with Gasteiger partial charge < -0.3 is 14.0 Å². The van der Waals surface area contributed by atoms with Crippen LogP contribution in [-0.2, 0) is 23.2 Å². The van der Waals surface area contributed by atoms with Gasteiger partial charge in [0.15, 0.2) is 0 Å². The average Bonchev–Trinajstić information content (AvgIpc) is 3.30. The third kappa shape index (κ3) is 6.79. The Labute approximate surface area is 198 Å². The first-order chi connectivity index (χ1) is 15.7. The van der Waals surface area contributed by atoms with Crippen LogP contribution in [0.2, 0.25) is 0 Å². The van der Waals surface area contributed by atoms with Crippen molar-refractivity contribution in [2.75, 3.05) is 24.2 Å². The SMILES string of the molecule is CCN(CC)c1ccc(CN(Cc2ccc(F)cc2)C(=O)c2cccs2)c(OS(C)(=O)=O)c1. The smallest absolute Gasteiger partial charge is 0.306 e. The van der Waals surface area contributed by atoms with Crippen LogP contribution in [0.15, 0.2) is 60.0 Å². The maximum absolute atomic E-state index is 13.4. The van der Waals surface area contributed by atoms with E-state index in [0.29, 0.717) is 10.4 Å². The monoisotopic (exact) mass is 490 g/mol. The number of carbonyl (C=O) groups excluding carboxylic acids is 1. The second-order valence-electron chi connectivity index (χ2n) is 7.52. The topological polar surface area (TPSA) is 66.9 Å². The van der Waals surface area contributed by atoms with E-state index in [1.165, 1.54) is 23.5 Å². The molecule has 1 heterocycles. The molecule has 9 heteroatoms. The number of hydrogen-bond acceptors (Lipinski definition) is 6. The van der Waals surface area contributed by atoms with Crippen molar-refractivity contribution in [3.05, 3.63) is 81.8 Å². The van der Waals surface area contributed by atoms with Crippen molar-refractivity contribution in [2.45, 2.75) is 26.9 Å². The number of anilines is 1. The molecule has 0 unspecified atom stereocenters. The molecule has 2 aromatic carbocycles. The maximum Gasteiger partial charge on any atom is 0.306 e. The molecule has 0 aliphatic rings. The van der Waals surface area contributed by atoms with E-state index in [9.17, 15) is 17.6 Å². The predicted molar refractivity (Wildman–Crippen MR) is 130 cm³/mol. The Morgan fingerprint density at radius 3 is 2.30 bits per heavy atom. The Bertz CT molecular complexity index is 1180. The fourth-order valence-electron chi connectivity index (χ4n) is 3.47. The molecule has 1 amide bonds. The Balaban J connectivity index is 1.99. The molecule has 0 spiro atoms. The van der Waals surface area contributed by atoms with Crippen LogP contribution in [0.4, 0.5) is 10.1 Å². The lowest BCUT2D eigenvalue weighted by Gasteiger charge is -2.26. The van der Waals surface area contributed by atoms with Crippen molar-refractivity contribution < 1.29 is 21.8 Å². The van der Waals surface area contributed by atoms with Crippen LogP contribution < -0.4 is 9.08 Å². The van der Waals surface area contributed by atoms with E-state index in [4.69, 9.17) is 4.18 Å². The molecule has 0 aliphatic heterocycles. The molecule has 0 N–H and O–H groups in total. The van der Waals surface area contributed by atoms with E-state index in [1.807, 2.05) is 25.3 Å². The minimum absolute atomic E-state index is 0.123. The first kappa shape index (κ1) is 24.7. The van der Waals surface area contributed by atoms with E-state index in [1.54, 1.807) is 41.3 Å². The second-order valence-corrected chi connectivity index (χ2v) is 10.0. The number of hydrogen-bond donors (Lipinski definition) is 0. The molecule has 176 valence electrons. The first-order valence-corrected chi connectivity index (χ1v) is 13.2. The van der Waals surface area contributed by atoms with E-state index < -0.39 is 10.1 Å². The molecule has 0 saturated heterocycles. The highest BCUT2D eigenvalue weighted by Gasteiger charge is 2.21. The third-order valence-corrected chi connectivity index (χ3v) is 6.43. The summed E-state index contributed by atoms with van der Waals surface area (Å²) < 4.78 is 42.6. The van der Waals surface area contributed by atoms with Gasteiger partial charge in [-0.3, -0.25) is 4.79 Å². The summed E-state index contributed by atoms with van der Waals surface area (Å²) in [6.07, 6.45) is 0.994. The number of halogens is 1. The highest BCUT2D eigenvalue weighted by molar-refractivity contribution is 7.86. The van der Waals surface area contributed by atoms with Crippen LogP contribution >= 0.6 is 11.3 Å². The Morgan fingerprint density at radius 1 is 1.03 bits per heavy atom. The average molecular weight is 491 g/mol. The fraction of sp³-hybridized carbons (Fsp3) is 0.292. The molecule has 3 rings (SSSR count). The van der Waals surface area contributed by atoms with Crippen LogP contribution in [0.1, 0.15) is 34.6 Å². The summed E-state index contributed by atoms with van der Waals surface area (Å²) in [4.78, 5) is 17.5. The summed E-state index contributed by atoms with van der Waals surface area (Å²) in [5.41, 5.74) is 2.15. The zero-order valence-corrected chi connectivity index (χ0v) is 20.5. The van der Waals surface area contributed by atoms with Crippen molar-refractivity contribution in [3.63, 3.8) is 0 Å². The van der Waals surface area contributed by atoms with Crippen molar-refractivity contribution in [3.8, 4) is 5.75 Å². The second kappa shape index (κ2) is 10.8. The van der Waals surface area contributed by atoms with E-state index in [2.05, 4.69) is 4.90 Å². The van der Waals surface area contributed by atoms with Crippen molar-refractivity contribution in [1.29, 1.82) is 0 Å². The molecule has 0 atom stereocenters. The van der Waals surface area contributed by atoms with Crippen LogP contribution in [-0.4, -0.2) is 38.6 Å². The van der Waals surface area contributed by atoms with Crippen LogP contribution in [0.3, 0.4) is 0 Å². The molecule has 3 aromatic rings. The van der Waals surface area contributed by atoms with Gasteiger partial charge >= 0.3 is 10.1 Å². The molecule has 1 aromatic heterocycles. The number of carbonyl (C=O) groups is 1. The summed E-state index contributed by atoms with van der Waals surface area (Å²) in [6, 6.07) is 14.8. The number of amides is 1. The van der Waals surface area contributed by atoms with Gasteiger partial charge in [0.05, 0.1) is 17.7 Å². The van der Waals surface area contributed by atoms with Gasteiger partial charge in [-0.2, -0.15) is 8.42 Å². The lowest BCUT2D eigenvalue weighted by molar-refractivity contribution is 0.0734. The molecule has 0 radical (unpaired) electrons. The molecule has 0 fully saturated rings. The van der Waals surface area contributed by atoms with Crippen molar-refractivity contribution >= 4 is 33.0 Å². The molecule has 6 nitrogen and oxygen atoms in total. The van der Waals surface area contributed by atoms with Crippen LogP contribution in [0.5, 0.6) is 5.75 Å². The van der Waals surface area contributed by atoms with E-state index >= 15 is 0 Å². The summed E-state index contributed by atoms with van der Waals surface area (Å²) in [7, 11) is -3.78. The fourth-order valence-corrected chi connectivity index (χ4v) is 4.64. The zero-order valence-electron chi connectivity index (χ0n) is 18.8. The van der Waals surface area contributed by atoms with Gasteiger partial charge in [-0.25, -0.2) is 4.39 Å². The van der Waals surface area contributed by atoms with Gasteiger partial charge in [0.1, 0.15) is 11.6 Å². The lowest BCUT2D eigenvalue weighted by Crippen LogP contribution is -2.30. The van der Waals surface area contributed by atoms with Crippen LogP contribution in [0.25, 0.3) is 0 Å². The first-order valence-electron chi connectivity index (χ1n) is 10.5. The van der Waals surface area contributed by atoms with Crippen molar-refractivity contribution in [2.24, 2.45) is 0 Å². The summed E-state index contributed by atoms with van der Waals surface area (Å²) in [5, 5.41) is 1.82. The number of benzene rings is 2. The normalized spacial score (nSPS) is 11.3. The quantitative estimate of drug-likeness (QED) is 0.378. The van der Waals surface area contributed by atoms with E-state index in [0.717, 1.165) is 30.6 Å². The largest absolute Gasteiger partial charge is 0.382 e. The van der Waals surface area contributed by atoms with E-state index in [-0.39, 0.29) is 30.6 Å². The number of thiophene rings is 1. The predicted octanol–water partition coefficient (Wildman–Crippen LogP) is 4.91. The molecule has 0 saturated carbocycles. The number of rotatable bonds is 10. The Morgan fingerprint density at radius 2 is 1.73 bits per heavy atom. The standard InChI is InChI=1S/C24H27FN2O4S2/c1-4-26(5-2)21-13-10-19(22(15-21)31-33(3,29)30)17-27(24(28)23-7-6-14-32-23)16-18-8-11-20(25)12-9-18/h6-15H,4-5,16-17H2,1-3H3. The minimum atomic E-state index is -3.78. The summed E-state index contributed by atoms with van der Waals surface area (Å²) in [5.74, 6) is -0.372. The zero-order chi connectivity index (χ0) is 24.0. The van der Waals surface area contributed by atoms with Gasteiger partial charge in [-0.15, -0.1) is 11.3 Å². The summed E-state index contributed by atoms with van der Waals surface area (Å²) in [6.45, 7) is 5.88. The Hall–Kier alpha value is -2.91. The van der Waals surface area contributed by atoms with Gasteiger partial charge in [0.25, 0.3) is 5.91 Å². The van der Waals surface area contributed by atoms with Crippen LogP contribution in [0, 0.1) is 5.82 Å². The maximum atomic E-state index is 13.4. The molecule has 0 bridgehead atoms. The minimum Gasteiger partial charge on any atom is -0.382 e.